The zero-order chi connectivity index (χ0) is 19.2. The van der Waals surface area contributed by atoms with Crippen molar-refractivity contribution < 1.29 is 10.2 Å². The molecule has 0 unspecified atom stereocenters. The van der Waals surface area contributed by atoms with E-state index in [-0.39, 0.29) is 0 Å². The van der Waals surface area contributed by atoms with Crippen LogP contribution in [0.2, 0.25) is 0 Å². The van der Waals surface area contributed by atoms with Gasteiger partial charge in [-0.2, -0.15) is 5.10 Å². The molecule has 3 atom stereocenters. The molecule has 142 valence electrons. The van der Waals surface area contributed by atoms with Crippen LogP contribution in [0.25, 0.3) is 0 Å². The van der Waals surface area contributed by atoms with E-state index >= 15 is 0 Å². The van der Waals surface area contributed by atoms with E-state index in [0.717, 1.165) is 24.2 Å². The lowest BCUT2D eigenvalue weighted by Gasteiger charge is -2.26. The number of aliphatic hydroxyl groups is 2. The highest BCUT2D eigenvalue weighted by Gasteiger charge is 2.26. The van der Waals surface area contributed by atoms with Gasteiger partial charge in [-0.05, 0) is 55.7 Å². The molecule has 0 amide bonds. The van der Waals surface area contributed by atoms with Gasteiger partial charge in [0, 0.05) is 36.4 Å². The minimum atomic E-state index is -0.948. The fourth-order valence-electron chi connectivity index (χ4n) is 2.99. The zero-order valence-electron chi connectivity index (χ0n) is 15.7. The summed E-state index contributed by atoms with van der Waals surface area (Å²) in [5, 5.41) is 28.0. The lowest BCUT2D eigenvalue weighted by molar-refractivity contribution is 0.0190. The van der Waals surface area contributed by atoms with Crippen molar-refractivity contribution in [2.75, 3.05) is 5.32 Å². The first kappa shape index (κ1) is 19.1. The van der Waals surface area contributed by atoms with E-state index in [1.807, 2.05) is 37.4 Å². The van der Waals surface area contributed by atoms with Gasteiger partial charge in [-0.15, -0.1) is 0 Å². The summed E-state index contributed by atoms with van der Waals surface area (Å²) in [4.78, 5) is 4.04. The number of hydrogen-bond donors (Lipinski definition) is 3. The summed E-state index contributed by atoms with van der Waals surface area (Å²) in [5.74, 6) is 0. The minimum Gasteiger partial charge on any atom is -0.391 e. The van der Waals surface area contributed by atoms with Crippen LogP contribution in [-0.4, -0.2) is 37.2 Å². The molecule has 0 aliphatic rings. The highest BCUT2D eigenvalue weighted by molar-refractivity contribution is 5.47. The van der Waals surface area contributed by atoms with Gasteiger partial charge in [-0.1, -0.05) is 12.1 Å². The minimum absolute atomic E-state index is 0.448. The predicted octanol–water partition coefficient (Wildman–Crippen LogP) is 2.78. The second-order valence-electron chi connectivity index (χ2n) is 6.71. The van der Waals surface area contributed by atoms with Crippen LogP contribution in [0.1, 0.15) is 36.6 Å². The number of pyridine rings is 1. The number of aliphatic hydroxyl groups excluding tert-OH is 2. The van der Waals surface area contributed by atoms with E-state index in [1.54, 1.807) is 30.2 Å². The first-order valence-corrected chi connectivity index (χ1v) is 9.19. The SMILES string of the molecule is CCn1cc([C@@H](Nc2ccc(Cc3ccncc3)cc2)[C@H](O)[C@H](C)O)cn1. The quantitative estimate of drug-likeness (QED) is 0.571. The van der Waals surface area contributed by atoms with Crippen molar-refractivity contribution in [3.8, 4) is 0 Å². The highest BCUT2D eigenvalue weighted by Crippen LogP contribution is 2.25. The first-order valence-electron chi connectivity index (χ1n) is 9.19. The fourth-order valence-corrected chi connectivity index (χ4v) is 2.99. The van der Waals surface area contributed by atoms with Crippen LogP contribution < -0.4 is 5.32 Å². The first-order chi connectivity index (χ1) is 13.1. The Morgan fingerprint density at radius 1 is 1.04 bits per heavy atom. The van der Waals surface area contributed by atoms with Crippen molar-refractivity contribution in [2.45, 2.75) is 45.1 Å². The van der Waals surface area contributed by atoms with Gasteiger partial charge in [0.1, 0.15) is 6.10 Å². The monoisotopic (exact) mass is 366 g/mol. The Bertz CT molecular complexity index is 831. The third-order valence-corrected chi connectivity index (χ3v) is 4.61. The van der Waals surface area contributed by atoms with Crippen LogP contribution >= 0.6 is 0 Å². The molecule has 0 bridgehead atoms. The standard InChI is InChI=1S/C21H26N4O2/c1-3-25-14-18(13-23-25)20(21(27)15(2)26)24-19-6-4-16(5-7-19)12-17-8-10-22-11-9-17/h4-11,13-15,20-21,24,26-27H,3,12H2,1-2H3/t15-,20+,21+/m0/s1. The molecule has 1 aromatic carbocycles. The fraction of sp³-hybridized carbons (Fsp3) is 0.333. The van der Waals surface area contributed by atoms with Gasteiger partial charge >= 0.3 is 0 Å². The normalized spacial score (nSPS) is 14.5. The number of benzene rings is 1. The topological polar surface area (TPSA) is 83.2 Å². The summed E-state index contributed by atoms with van der Waals surface area (Å²) < 4.78 is 1.80. The van der Waals surface area contributed by atoms with E-state index in [1.165, 1.54) is 11.1 Å². The van der Waals surface area contributed by atoms with Crippen LogP contribution in [0.3, 0.4) is 0 Å². The molecule has 6 nitrogen and oxygen atoms in total. The Morgan fingerprint density at radius 2 is 1.70 bits per heavy atom. The molecule has 0 aliphatic carbocycles. The summed E-state index contributed by atoms with van der Waals surface area (Å²) in [6, 6.07) is 11.7. The highest BCUT2D eigenvalue weighted by atomic mass is 16.3. The second-order valence-corrected chi connectivity index (χ2v) is 6.71. The van der Waals surface area contributed by atoms with Gasteiger partial charge in [0.2, 0.25) is 0 Å². The Kier molecular flexibility index (Phi) is 6.21. The van der Waals surface area contributed by atoms with Crippen molar-refractivity contribution in [1.82, 2.24) is 14.8 Å². The van der Waals surface area contributed by atoms with Crippen molar-refractivity contribution in [3.63, 3.8) is 0 Å². The third kappa shape index (κ3) is 4.93. The van der Waals surface area contributed by atoms with Crippen LogP contribution in [-0.2, 0) is 13.0 Å². The molecule has 2 heterocycles. The molecule has 0 aliphatic heterocycles. The smallest absolute Gasteiger partial charge is 0.104 e. The van der Waals surface area contributed by atoms with E-state index in [9.17, 15) is 10.2 Å². The molecule has 0 spiro atoms. The van der Waals surface area contributed by atoms with Gasteiger partial charge in [0.05, 0.1) is 18.3 Å². The van der Waals surface area contributed by atoms with Crippen LogP contribution in [0.4, 0.5) is 5.69 Å². The van der Waals surface area contributed by atoms with E-state index < -0.39 is 18.2 Å². The van der Waals surface area contributed by atoms with Crippen molar-refractivity contribution in [3.05, 3.63) is 77.9 Å². The predicted molar refractivity (Wildman–Crippen MR) is 105 cm³/mol. The van der Waals surface area contributed by atoms with Gasteiger partial charge in [0.15, 0.2) is 0 Å². The lowest BCUT2D eigenvalue weighted by atomic mass is 10.00. The third-order valence-electron chi connectivity index (χ3n) is 4.61. The largest absolute Gasteiger partial charge is 0.391 e. The Morgan fingerprint density at radius 3 is 2.30 bits per heavy atom. The Balaban J connectivity index is 1.75. The van der Waals surface area contributed by atoms with E-state index in [4.69, 9.17) is 0 Å². The summed E-state index contributed by atoms with van der Waals surface area (Å²) in [7, 11) is 0. The number of aryl methyl sites for hydroxylation is 1. The molecule has 3 N–H and O–H groups in total. The molecule has 0 saturated heterocycles. The summed E-state index contributed by atoms with van der Waals surface area (Å²) in [6.45, 7) is 4.34. The number of rotatable bonds is 8. The average molecular weight is 366 g/mol. The molecule has 0 fully saturated rings. The van der Waals surface area contributed by atoms with Crippen LogP contribution in [0, 0.1) is 0 Å². The average Bonchev–Trinajstić information content (AvgIpc) is 3.16. The molecule has 27 heavy (non-hydrogen) atoms. The second kappa shape index (κ2) is 8.79. The summed E-state index contributed by atoms with van der Waals surface area (Å²) in [6.07, 6.45) is 6.24. The molecular formula is C21H26N4O2. The van der Waals surface area contributed by atoms with Crippen LogP contribution in [0.15, 0.2) is 61.2 Å². The molecule has 0 saturated carbocycles. The molecule has 0 radical (unpaired) electrons. The number of anilines is 1. The summed E-state index contributed by atoms with van der Waals surface area (Å²) in [5.41, 5.74) is 4.12. The van der Waals surface area contributed by atoms with Crippen molar-refractivity contribution >= 4 is 5.69 Å². The summed E-state index contributed by atoms with van der Waals surface area (Å²) >= 11 is 0. The van der Waals surface area contributed by atoms with Gasteiger partial charge < -0.3 is 15.5 Å². The molecule has 6 heteroatoms. The van der Waals surface area contributed by atoms with Gasteiger partial charge in [-0.3, -0.25) is 9.67 Å². The molecule has 3 rings (SSSR count). The lowest BCUT2D eigenvalue weighted by Crippen LogP contribution is -2.34. The van der Waals surface area contributed by atoms with E-state index in [0.29, 0.717) is 0 Å². The number of hydrogen-bond acceptors (Lipinski definition) is 5. The molecule has 3 aromatic rings. The maximum Gasteiger partial charge on any atom is 0.104 e. The van der Waals surface area contributed by atoms with Gasteiger partial charge in [-0.25, -0.2) is 0 Å². The number of nitrogens with zero attached hydrogens (tertiary/aromatic N) is 3. The Hall–Kier alpha value is -2.70. The van der Waals surface area contributed by atoms with Crippen molar-refractivity contribution in [1.29, 1.82) is 0 Å². The molecular weight excluding hydrogens is 340 g/mol. The number of nitrogens with one attached hydrogen (secondary N) is 1. The van der Waals surface area contributed by atoms with Gasteiger partial charge in [0.25, 0.3) is 0 Å². The maximum atomic E-state index is 10.5. The zero-order valence-corrected chi connectivity index (χ0v) is 15.7. The van der Waals surface area contributed by atoms with Crippen LogP contribution in [0.5, 0.6) is 0 Å². The Labute approximate surface area is 159 Å². The van der Waals surface area contributed by atoms with E-state index in [2.05, 4.69) is 27.5 Å². The number of aromatic nitrogens is 3. The van der Waals surface area contributed by atoms with Crippen molar-refractivity contribution in [2.24, 2.45) is 0 Å². The molecule has 2 aromatic heterocycles. The maximum absolute atomic E-state index is 10.5.